The number of amides is 2. The first-order valence-corrected chi connectivity index (χ1v) is 15.1. The number of carbonyl (C=O) groups is 2. The van der Waals surface area contributed by atoms with Crippen molar-refractivity contribution in [3.05, 3.63) is 65.0 Å². The van der Waals surface area contributed by atoms with Crippen molar-refractivity contribution in [2.24, 2.45) is 0 Å². The number of alkyl halides is 8. The van der Waals surface area contributed by atoms with Crippen molar-refractivity contribution in [1.82, 2.24) is 9.80 Å². The molecule has 4 atom stereocenters. The molecule has 0 spiro atoms. The molecule has 2 aliphatic heterocycles. The lowest BCUT2D eigenvalue weighted by Crippen LogP contribution is -2.55. The van der Waals surface area contributed by atoms with Gasteiger partial charge < -0.3 is 14.9 Å². The number of β-amino-alcohol motifs (C(OH)–C–C–N with tert-alkyl or cyclic N) is 1. The summed E-state index contributed by atoms with van der Waals surface area (Å²) in [6.45, 7) is -1.35. The van der Waals surface area contributed by atoms with Crippen LogP contribution in [0.15, 0.2) is 47.4 Å². The molecule has 0 unspecified atom stereocenters. The predicted octanol–water partition coefficient (Wildman–Crippen LogP) is 4.26. The standard InChI is InChI=1S/C28H25F9N2O5S/c29-17-3-5-18(6-4-17)45(43,44)25-9-10-39(24(42)21-14-20(30)23(41)38(21)11-12-40)22(25)8-1-15-13-16(2-7-19(15)25)26(31,27(32,33)34)28(35,36)37/h2-7,13,20-22,40H,1,8-12,14H2/t20-,21+,22-,25-/m1/s1. The van der Waals surface area contributed by atoms with Crippen molar-refractivity contribution in [1.29, 1.82) is 0 Å². The SMILES string of the molecule is O=C1[C@H](F)C[C@@H](C(=O)N2CC[C@@]3(S(=O)(=O)c4ccc(F)cc4)c4ccc(C(F)(C(F)(F)F)C(F)(F)F)cc4CC[C@@H]23)N1CCO. The average molecular weight is 673 g/mol. The molecular formula is C28H25F9N2O5S. The Labute approximate surface area is 250 Å². The van der Waals surface area contributed by atoms with Crippen molar-refractivity contribution >= 4 is 21.7 Å². The molecule has 2 amide bonds. The number of hydrogen-bond acceptors (Lipinski definition) is 5. The fourth-order valence-corrected chi connectivity index (χ4v) is 9.24. The quantitative estimate of drug-likeness (QED) is 0.366. The molecule has 0 bridgehead atoms. The molecule has 246 valence electrons. The second-order valence-corrected chi connectivity index (χ2v) is 13.4. The lowest BCUT2D eigenvalue weighted by atomic mass is 9.76. The lowest BCUT2D eigenvalue weighted by molar-refractivity contribution is -0.348. The zero-order chi connectivity index (χ0) is 33.3. The minimum Gasteiger partial charge on any atom is -0.395 e. The second-order valence-electron chi connectivity index (χ2n) is 11.2. The van der Waals surface area contributed by atoms with Crippen LogP contribution in [0.4, 0.5) is 39.5 Å². The fourth-order valence-electron chi connectivity index (χ4n) is 6.87. The Morgan fingerprint density at radius 1 is 1.00 bits per heavy atom. The van der Waals surface area contributed by atoms with Crippen molar-refractivity contribution < 1.29 is 62.6 Å². The van der Waals surface area contributed by atoms with Crippen LogP contribution in [0.25, 0.3) is 0 Å². The number of aliphatic hydroxyl groups is 1. The summed E-state index contributed by atoms with van der Waals surface area (Å²) in [4.78, 5) is 27.5. The number of carbonyl (C=O) groups excluding carboxylic acids is 2. The summed E-state index contributed by atoms with van der Waals surface area (Å²) in [6, 6.07) is 1.95. The Hall–Kier alpha value is -3.34. The first-order valence-electron chi connectivity index (χ1n) is 13.6. The van der Waals surface area contributed by atoms with Gasteiger partial charge in [-0.05, 0) is 54.7 Å². The normalized spacial score (nSPS) is 25.8. The maximum absolute atomic E-state index is 15.0. The van der Waals surface area contributed by atoms with Gasteiger partial charge in [0.05, 0.1) is 17.5 Å². The van der Waals surface area contributed by atoms with Gasteiger partial charge in [0, 0.05) is 25.1 Å². The highest BCUT2D eigenvalue weighted by Crippen LogP contribution is 2.57. The summed E-state index contributed by atoms with van der Waals surface area (Å²) in [7, 11) is -4.72. The second kappa shape index (κ2) is 10.9. The van der Waals surface area contributed by atoms with Gasteiger partial charge in [-0.1, -0.05) is 18.2 Å². The number of sulfone groups is 1. The summed E-state index contributed by atoms with van der Waals surface area (Å²) in [5, 5.41) is 9.35. The molecule has 2 saturated heterocycles. The van der Waals surface area contributed by atoms with Crippen molar-refractivity contribution in [2.45, 2.75) is 71.6 Å². The van der Waals surface area contributed by atoms with Crippen LogP contribution in [0.3, 0.4) is 0 Å². The number of rotatable bonds is 6. The van der Waals surface area contributed by atoms with Gasteiger partial charge in [0.1, 0.15) is 16.6 Å². The van der Waals surface area contributed by atoms with E-state index in [9.17, 15) is 62.6 Å². The highest BCUT2D eigenvalue weighted by Gasteiger charge is 2.74. The minimum atomic E-state index is -6.42. The third kappa shape index (κ3) is 4.79. The van der Waals surface area contributed by atoms with E-state index < -0.39 is 105 Å². The molecule has 5 rings (SSSR count). The first kappa shape index (κ1) is 33.0. The molecule has 0 radical (unpaired) electrons. The van der Waals surface area contributed by atoms with Gasteiger partial charge in [-0.3, -0.25) is 9.59 Å². The summed E-state index contributed by atoms with van der Waals surface area (Å²) in [5.41, 5.74) is -8.19. The third-order valence-electron chi connectivity index (χ3n) is 8.94. The molecule has 17 heteroatoms. The molecule has 2 aromatic carbocycles. The number of halogens is 9. The van der Waals surface area contributed by atoms with Gasteiger partial charge in [0.15, 0.2) is 16.0 Å². The predicted molar refractivity (Wildman–Crippen MR) is 137 cm³/mol. The summed E-state index contributed by atoms with van der Waals surface area (Å²) in [6.07, 6.45) is -16.6. The number of aryl methyl sites for hydroxylation is 1. The third-order valence-corrected chi connectivity index (χ3v) is 11.5. The molecule has 2 fully saturated rings. The number of fused-ring (bicyclic) bond motifs is 3. The average Bonchev–Trinajstić information content (AvgIpc) is 3.50. The van der Waals surface area contributed by atoms with E-state index in [4.69, 9.17) is 0 Å². The zero-order valence-electron chi connectivity index (χ0n) is 23.0. The van der Waals surface area contributed by atoms with Gasteiger partial charge in [-0.2, -0.15) is 26.3 Å². The maximum atomic E-state index is 15.0. The monoisotopic (exact) mass is 672 g/mol. The van der Waals surface area contributed by atoms with E-state index in [1.54, 1.807) is 0 Å². The number of nitrogens with zero attached hydrogens (tertiary/aromatic N) is 2. The van der Waals surface area contributed by atoms with Crippen LogP contribution in [-0.4, -0.2) is 85.4 Å². The van der Waals surface area contributed by atoms with Crippen LogP contribution in [0.5, 0.6) is 0 Å². The summed E-state index contributed by atoms with van der Waals surface area (Å²) < 4.78 is 151. The van der Waals surface area contributed by atoms with E-state index in [1.807, 2.05) is 0 Å². The maximum Gasteiger partial charge on any atom is 0.435 e. The van der Waals surface area contributed by atoms with E-state index >= 15 is 0 Å². The first-order chi connectivity index (χ1) is 20.8. The summed E-state index contributed by atoms with van der Waals surface area (Å²) >= 11 is 0. The van der Waals surface area contributed by atoms with E-state index in [-0.39, 0.29) is 36.6 Å². The topological polar surface area (TPSA) is 95.0 Å². The van der Waals surface area contributed by atoms with E-state index in [1.165, 1.54) is 0 Å². The minimum absolute atomic E-state index is 0.209. The molecule has 45 heavy (non-hydrogen) atoms. The van der Waals surface area contributed by atoms with Gasteiger partial charge in [-0.25, -0.2) is 21.6 Å². The molecule has 0 aromatic heterocycles. The van der Waals surface area contributed by atoms with Crippen LogP contribution in [0.2, 0.25) is 0 Å². The van der Waals surface area contributed by atoms with Crippen molar-refractivity contribution in [3.8, 4) is 0 Å². The molecule has 1 aliphatic carbocycles. The largest absolute Gasteiger partial charge is 0.435 e. The Morgan fingerprint density at radius 3 is 2.20 bits per heavy atom. The molecule has 3 aliphatic rings. The Balaban J connectivity index is 1.67. The summed E-state index contributed by atoms with van der Waals surface area (Å²) in [5.74, 6) is -2.73. The van der Waals surface area contributed by atoms with E-state index in [0.717, 1.165) is 34.1 Å². The van der Waals surface area contributed by atoms with Crippen LogP contribution in [0, 0.1) is 5.82 Å². The van der Waals surface area contributed by atoms with E-state index in [0.29, 0.717) is 12.1 Å². The smallest absolute Gasteiger partial charge is 0.395 e. The number of benzene rings is 2. The van der Waals surface area contributed by atoms with Crippen LogP contribution in [-0.2, 0) is 36.3 Å². The number of hydrogen-bond donors (Lipinski definition) is 1. The highest BCUT2D eigenvalue weighted by atomic mass is 32.2. The van der Waals surface area contributed by atoms with Gasteiger partial charge >= 0.3 is 18.0 Å². The molecule has 2 aromatic rings. The van der Waals surface area contributed by atoms with Gasteiger partial charge in [0.2, 0.25) is 5.91 Å². The fraction of sp³-hybridized carbons (Fsp3) is 0.500. The van der Waals surface area contributed by atoms with Crippen LogP contribution < -0.4 is 0 Å². The van der Waals surface area contributed by atoms with Crippen molar-refractivity contribution in [2.75, 3.05) is 19.7 Å². The molecular weight excluding hydrogens is 647 g/mol. The van der Waals surface area contributed by atoms with Crippen LogP contribution >= 0.6 is 0 Å². The number of aliphatic hydroxyl groups excluding tert-OH is 1. The zero-order valence-corrected chi connectivity index (χ0v) is 23.8. The van der Waals surface area contributed by atoms with Gasteiger partial charge in [-0.15, -0.1) is 0 Å². The highest BCUT2D eigenvalue weighted by molar-refractivity contribution is 7.92. The molecule has 0 saturated carbocycles. The molecule has 1 N–H and O–H groups in total. The van der Waals surface area contributed by atoms with Crippen molar-refractivity contribution in [3.63, 3.8) is 0 Å². The molecule has 7 nitrogen and oxygen atoms in total. The molecule has 2 heterocycles. The Bertz CT molecular complexity index is 1600. The number of likely N-dealkylation sites (tertiary alicyclic amines) is 2. The Kier molecular flexibility index (Phi) is 7.99. The lowest BCUT2D eigenvalue weighted by Gasteiger charge is -2.43. The van der Waals surface area contributed by atoms with E-state index in [2.05, 4.69) is 0 Å². The van der Waals surface area contributed by atoms with Gasteiger partial charge in [0.25, 0.3) is 5.91 Å². The van der Waals surface area contributed by atoms with Crippen LogP contribution in [0.1, 0.15) is 36.0 Å². The Morgan fingerprint density at radius 2 is 1.62 bits per heavy atom.